The molecule has 0 atom stereocenters. The third-order valence-corrected chi connectivity index (χ3v) is 9.65. The third-order valence-electron chi connectivity index (χ3n) is 9.65. The molecule has 0 saturated heterocycles. The molecule has 0 aliphatic heterocycles. The van der Waals surface area contributed by atoms with Crippen molar-refractivity contribution >= 4 is 0 Å². The largest absolute Gasteiger partial charge is 0.353 e. The molecule has 0 nitrogen and oxygen atoms in total. The Morgan fingerprint density at radius 3 is 0.711 bits per heavy atom. The fraction of sp³-hybridized carbons (Fsp3) is 0.303. The number of hydrogen-bond acceptors (Lipinski definition) is 0. The molecule has 7 aromatic carbocycles. The van der Waals surface area contributed by atoms with Crippen molar-refractivity contribution in [3.63, 3.8) is 0 Å². The molecule has 0 aliphatic carbocycles. The van der Waals surface area contributed by atoms with E-state index >= 15 is 0 Å². The summed E-state index contributed by atoms with van der Waals surface area (Å²) in [4.78, 5) is 0. The first-order valence-corrected chi connectivity index (χ1v) is 23.2. The van der Waals surface area contributed by atoms with Crippen molar-refractivity contribution in [2.75, 3.05) is 0 Å². The first-order valence-electron chi connectivity index (χ1n) is 23.2. The Kier molecular flexibility index (Phi) is 126. The van der Waals surface area contributed by atoms with Gasteiger partial charge in [0.1, 0.15) is 0 Å². The van der Waals surface area contributed by atoms with Gasteiger partial charge in [0.25, 0.3) is 0 Å². The van der Waals surface area contributed by atoms with Crippen molar-refractivity contribution in [3.05, 3.63) is 274 Å². The summed E-state index contributed by atoms with van der Waals surface area (Å²) in [5, 5.41) is 0. The standard InChI is InChI=1S/C11H15.C10H13.C10H12.C8H10.3C6H6.C3H7.3C2H5.10Y/c1-7-6-8(2)10(4)11(5)9(7)3;2*1-7-5-8(2)10(4)9(3)6-7;1-7-4-3-5-8(2)6-7;3*1-2-4-6-5-3-1;1-3-2;3*1-2;;;;;;;;;;/h1-5H3;5H,1-4H3;1-4H3;3-6H,1-2H3;3*1-6H;3H,1-2H3;3*1H2,2H3;;;;;;;;;;/q2*-1;-2;;;;;4*-1;;;;;;;;;;. The minimum Gasteiger partial charge on any atom is -0.353 e. The molecule has 10 heteroatoms. The van der Waals surface area contributed by atoms with E-state index in [4.69, 9.17) is 0 Å². The first-order chi connectivity index (χ1) is 31.5. The van der Waals surface area contributed by atoms with Crippen LogP contribution in [-0.2, 0) is 327 Å². The van der Waals surface area contributed by atoms with Crippen LogP contribution < -0.4 is 0 Å². The average molecular weight is 1770 g/mol. The van der Waals surface area contributed by atoms with Gasteiger partial charge in [-0.3, -0.25) is 22.3 Å². The van der Waals surface area contributed by atoms with Crippen LogP contribution in [0.1, 0.15) is 118 Å². The molecule has 76 heavy (non-hydrogen) atoms. The summed E-state index contributed by atoms with van der Waals surface area (Å²) in [6.45, 7) is 50.7. The van der Waals surface area contributed by atoms with Crippen molar-refractivity contribution in [1.29, 1.82) is 0 Å². The van der Waals surface area contributed by atoms with Crippen molar-refractivity contribution in [2.24, 2.45) is 0 Å². The minimum atomic E-state index is 0. The zero-order valence-corrected chi connectivity index (χ0v) is 79.6. The molecule has 392 valence electrons. The molecule has 0 aromatic heterocycles. The van der Waals surface area contributed by atoms with Crippen molar-refractivity contribution < 1.29 is 327 Å². The second-order valence-electron chi connectivity index (χ2n) is 15.1. The van der Waals surface area contributed by atoms with E-state index in [2.05, 4.69) is 172 Å². The second kappa shape index (κ2) is 82.6. The molecule has 10 radical (unpaired) electrons. The molecule has 0 fully saturated rings. The van der Waals surface area contributed by atoms with Crippen LogP contribution in [0, 0.1) is 155 Å². The molecule has 0 N–H and O–H groups in total. The van der Waals surface area contributed by atoms with Gasteiger partial charge < -0.3 is 39.3 Å². The molecule has 7 aromatic rings. The van der Waals surface area contributed by atoms with Gasteiger partial charge >= 0.3 is 0 Å². The zero-order valence-electron chi connectivity index (χ0n) is 51.3. The van der Waals surface area contributed by atoms with Crippen LogP contribution in [0.25, 0.3) is 0 Å². The number of rotatable bonds is 0. The summed E-state index contributed by atoms with van der Waals surface area (Å²) in [6.07, 6.45) is 2.00. The van der Waals surface area contributed by atoms with Gasteiger partial charge in [0.2, 0.25) is 0 Å². The van der Waals surface area contributed by atoms with E-state index in [9.17, 15) is 0 Å². The summed E-state index contributed by atoms with van der Waals surface area (Å²) >= 11 is 0. The number of aryl methyl sites for hydroxylation is 10. The van der Waals surface area contributed by atoms with E-state index < -0.39 is 0 Å². The van der Waals surface area contributed by atoms with Crippen LogP contribution in [-0.4, -0.2) is 0 Å². The number of hydrogen-bond donors (Lipinski definition) is 0. The Hall–Kier alpha value is 5.58. The first kappa shape index (κ1) is 116. The summed E-state index contributed by atoms with van der Waals surface area (Å²) in [6, 6.07) is 59.7. The summed E-state index contributed by atoms with van der Waals surface area (Å²) < 4.78 is 0. The quantitative estimate of drug-likeness (QED) is 0.133. The van der Waals surface area contributed by atoms with Gasteiger partial charge in [0.15, 0.2) is 0 Å². The predicted molar refractivity (Wildman–Crippen MR) is 300 cm³/mol. The minimum absolute atomic E-state index is 0. The zero-order chi connectivity index (χ0) is 51.5. The fourth-order valence-corrected chi connectivity index (χ4v) is 5.49. The Labute approximate surface area is 724 Å². The maximum Gasteiger partial charge on any atom is 0 e. The summed E-state index contributed by atoms with van der Waals surface area (Å²) in [5.74, 6) is 0. The predicted octanol–water partition coefficient (Wildman–Crippen LogP) is 19.4. The average Bonchev–Trinajstić information content (AvgIpc) is 3.33. The van der Waals surface area contributed by atoms with Gasteiger partial charge in [-0.05, 0) is 13.8 Å². The van der Waals surface area contributed by atoms with Gasteiger partial charge in [-0.25, -0.2) is 0 Å². The van der Waals surface area contributed by atoms with Crippen LogP contribution in [0.2, 0.25) is 0 Å². The Balaban J connectivity index is -0.0000000473. The Bertz CT molecular complexity index is 1860. The smallest absolute Gasteiger partial charge is 0 e. The van der Waals surface area contributed by atoms with E-state index in [0.29, 0.717) is 0 Å². The maximum absolute atomic E-state index is 3.35. The molecule has 0 bridgehead atoms. The van der Waals surface area contributed by atoms with Crippen LogP contribution in [0.15, 0.2) is 140 Å². The van der Waals surface area contributed by atoms with Crippen LogP contribution in [0.3, 0.4) is 0 Å². The Morgan fingerprint density at radius 1 is 0.276 bits per heavy atom. The molecule has 0 aliphatic rings. The normalized spacial score (nSPS) is 7.46. The van der Waals surface area contributed by atoms with E-state index in [1.165, 1.54) is 77.9 Å². The van der Waals surface area contributed by atoms with Crippen molar-refractivity contribution in [1.82, 2.24) is 0 Å². The SMILES string of the molecule is C[CH-]C.Cc1[c-]c(C)c(C)c(C)[c-]1.Cc1[c-]c(C)c(C)c(C)c1.Cc1[c-]c(C)c(C)c(C)c1C.Cc1cccc(C)c1.[CH2-]C.[CH2-]C.[CH2-]C.[Y].[Y].[Y].[Y].[Y].[Y].[Y].[Y].[Y].[Y].c1ccccc1.c1ccccc1.c1ccccc1. The van der Waals surface area contributed by atoms with Gasteiger partial charge in [0.05, 0.1) is 0 Å². The van der Waals surface area contributed by atoms with E-state index in [1.54, 1.807) is 20.8 Å². The van der Waals surface area contributed by atoms with Gasteiger partial charge in [-0.15, -0.1) is 6.92 Å². The monoisotopic (exact) mass is 1770 g/mol. The molecule has 7 rings (SSSR count). The van der Waals surface area contributed by atoms with Crippen molar-refractivity contribution in [2.45, 2.75) is 138 Å². The van der Waals surface area contributed by atoms with Gasteiger partial charge in [-0.2, -0.15) is 103 Å². The molecule has 0 amide bonds. The number of benzene rings is 7. The van der Waals surface area contributed by atoms with E-state index in [0.717, 1.165) is 5.56 Å². The maximum atomic E-state index is 3.35. The summed E-state index contributed by atoms with van der Waals surface area (Å²) in [7, 11) is 0. The van der Waals surface area contributed by atoms with E-state index in [1.807, 2.05) is 136 Å². The second-order valence-corrected chi connectivity index (χ2v) is 15.1. The molecular weight excluding hydrogens is 1680 g/mol. The molecular formula is C66H90Y10-8. The Morgan fingerprint density at radius 2 is 0.500 bits per heavy atom. The molecule has 0 heterocycles. The van der Waals surface area contributed by atoms with E-state index in [-0.39, 0.29) is 327 Å². The summed E-state index contributed by atoms with van der Waals surface area (Å²) in [5.41, 5.74) is 19.6. The topological polar surface area (TPSA) is 0 Å². The van der Waals surface area contributed by atoms with Gasteiger partial charge in [0, 0.05) is 327 Å². The fourth-order valence-electron chi connectivity index (χ4n) is 5.49. The van der Waals surface area contributed by atoms with Crippen LogP contribution >= 0.6 is 0 Å². The van der Waals surface area contributed by atoms with Gasteiger partial charge in [-0.1, -0.05) is 228 Å². The molecule has 0 spiro atoms. The van der Waals surface area contributed by atoms with Crippen molar-refractivity contribution in [3.8, 4) is 0 Å². The molecule has 0 saturated carbocycles. The van der Waals surface area contributed by atoms with Crippen LogP contribution in [0.4, 0.5) is 0 Å². The third kappa shape index (κ3) is 67.1. The molecule has 0 unspecified atom stereocenters. The van der Waals surface area contributed by atoms with Crippen LogP contribution in [0.5, 0.6) is 0 Å².